The zero-order valence-corrected chi connectivity index (χ0v) is 68.7. The molecule has 0 amide bonds. The molecule has 0 aliphatic rings. The summed E-state index contributed by atoms with van der Waals surface area (Å²) in [5.74, 6) is 0. The van der Waals surface area contributed by atoms with E-state index in [0.717, 1.165) is 131 Å². The van der Waals surface area contributed by atoms with Gasteiger partial charge in [0.15, 0.2) is 0 Å². The predicted octanol–water partition coefficient (Wildman–Crippen LogP) is 33.0. The quantitative estimate of drug-likeness (QED) is 0.0564. The Morgan fingerprint density at radius 2 is 0.285 bits per heavy atom. The van der Waals surface area contributed by atoms with E-state index in [9.17, 15) is 0 Å². The summed E-state index contributed by atoms with van der Waals surface area (Å²) >= 11 is 0. The standard InChI is InChI=1S/C117H90N6/c1-86-24-21-39-115(82-86)121(100-33-15-6-16-34-100)112-76-70-109(71-77-112)120(110-72-78-113(79-73-110)122(101-35-17-7-18-36-101)116-40-22-25-87(2)83-116)111-74-80-114(81-75-111)123(102-37-19-8-20-38-102)117-41-23-26-89(85-117)84-88-42-44-93(45-43-88)97-52-64-106(65-53-97)119(105-62-50-96(51-63-105)92-31-13-5-14-32-92)108-68-56-99(57-69-108)98-54-66-107(67-55-98)118(103-58-46-94(47-59-103)90-27-9-3-10-28-90)104-60-48-95(49-61-104)91-29-11-4-12-30-91/h3-83,85H,84H2,1-2H3. The molecule has 0 atom stereocenters. The van der Waals surface area contributed by atoms with Crippen molar-refractivity contribution < 1.29 is 0 Å². The van der Waals surface area contributed by atoms with Gasteiger partial charge < -0.3 is 29.4 Å². The lowest BCUT2D eigenvalue weighted by atomic mass is 9.99. The molecule has 19 rings (SSSR count). The Kier molecular flexibility index (Phi) is 22.3. The minimum absolute atomic E-state index is 0.764. The predicted molar refractivity (Wildman–Crippen MR) is 520 cm³/mol. The summed E-state index contributed by atoms with van der Waals surface area (Å²) in [5, 5.41) is 0. The molecule has 0 fully saturated rings. The molecule has 6 heteroatoms. The first-order chi connectivity index (χ1) is 60.8. The van der Waals surface area contributed by atoms with Crippen molar-refractivity contribution in [2.45, 2.75) is 20.3 Å². The van der Waals surface area contributed by atoms with Crippen molar-refractivity contribution in [2.75, 3.05) is 29.4 Å². The fourth-order valence-electron chi connectivity index (χ4n) is 16.8. The molecule has 19 aromatic rings. The van der Waals surface area contributed by atoms with E-state index in [1.807, 2.05) is 0 Å². The van der Waals surface area contributed by atoms with Gasteiger partial charge in [-0.3, -0.25) is 0 Å². The lowest BCUT2D eigenvalue weighted by Crippen LogP contribution is -2.14. The fourth-order valence-corrected chi connectivity index (χ4v) is 16.8. The van der Waals surface area contributed by atoms with Crippen molar-refractivity contribution in [2.24, 2.45) is 0 Å². The fraction of sp³-hybridized carbons (Fsp3) is 0.0256. The zero-order chi connectivity index (χ0) is 82.6. The molecule has 123 heavy (non-hydrogen) atoms. The second kappa shape index (κ2) is 35.7. The third-order valence-electron chi connectivity index (χ3n) is 22.9. The number of anilines is 18. The third kappa shape index (κ3) is 17.2. The number of para-hydroxylation sites is 3. The average Bonchev–Trinajstić information content (AvgIpc) is 0.784. The van der Waals surface area contributed by atoms with Crippen molar-refractivity contribution in [3.63, 3.8) is 0 Å². The monoisotopic (exact) mass is 1580 g/mol. The highest BCUT2D eigenvalue weighted by molar-refractivity contribution is 5.89. The van der Waals surface area contributed by atoms with Crippen LogP contribution in [0.5, 0.6) is 0 Å². The molecule has 0 bridgehead atoms. The van der Waals surface area contributed by atoms with Gasteiger partial charge in [0.2, 0.25) is 0 Å². The minimum atomic E-state index is 0.764. The van der Waals surface area contributed by atoms with Crippen LogP contribution in [0.25, 0.3) is 55.6 Å². The van der Waals surface area contributed by atoms with Gasteiger partial charge >= 0.3 is 0 Å². The van der Waals surface area contributed by atoms with Crippen LogP contribution in [0.1, 0.15) is 22.3 Å². The molecule has 0 saturated carbocycles. The highest BCUT2D eigenvalue weighted by Crippen LogP contribution is 2.46. The Morgan fingerprint density at radius 3 is 0.512 bits per heavy atom. The molecule has 0 unspecified atom stereocenters. The van der Waals surface area contributed by atoms with Crippen LogP contribution in [0.15, 0.2) is 497 Å². The molecule has 0 aliphatic heterocycles. The second-order valence-corrected chi connectivity index (χ2v) is 31.2. The van der Waals surface area contributed by atoms with Gasteiger partial charge in [-0.15, -0.1) is 0 Å². The maximum Gasteiger partial charge on any atom is 0.0464 e. The largest absolute Gasteiger partial charge is 0.311 e. The molecule has 0 radical (unpaired) electrons. The van der Waals surface area contributed by atoms with E-state index in [0.29, 0.717) is 0 Å². The van der Waals surface area contributed by atoms with Crippen molar-refractivity contribution in [1.29, 1.82) is 0 Å². The Hall–Kier alpha value is -16.0. The lowest BCUT2D eigenvalue weighted by molar-refractivity contribution is 1.18. The van der Waals surface area contributed by atoms with Gasteiger partial charge in [0, 0.05) is 102 Å². The van der Waals surface area contributed by atoms with E-state index in [4.69, 9.17) is 0 Å². The number of hydrogen-bond donors (Lipinski definition) is 0. The van der Waals surface area contributed by atoms with Crippen LogP contribution in [-0.2, 0) is 6.42 Å². The smallest absolute Gasteiger partial charge is 0.0464 e. The summed E-state index contributed by atoms with van der Waals surface area (Å²) < 4.78 is 0. The molecule has 6 nitrogen and oxygen atoms in total. The van der Waals surface area contributed by atoms with Crippen molar-refractivity contribution in [3.8, 4) is 55.6 Å². The summed E-state index contributed by atoms with van der Waals surface area (Å²) in [4.78, 5) is 14.1. The topological polar surface area (TPSA) is 19.4 Å². The molecule has 0 spiro atoms. The summed E-state index contributed by atoms with van der Waals surface area (Å²) in [5.41, 5.74) is 35.8. The van der Waals surface area contributed by atoms with Gasteiger partial charge in [0.25, 0.3) is 0 Å². The summed E-state index contributed by atoms with van der Waals surface area (Å²) in [6.45, 7) is 4.30. The molecule has 19 aromatic carbocycles. The molecule has 0 heterocycles. The molecule has 0 N–H and O–H groups in total. The van der Waals surface area contributed by atoms with Crippen LogP contribution >= 0.6 is 0 Å². The number of benzene rings is 19. The van der Waals surface area contributed by atoms with Crippen LogP contribution < -0.4 is 29.4 Å². The van der Waals surface area contributed by atoms with E-state index >= 15 is 0 Å². The number of aryl methyl sites for hydroxylation is 2. The lowest BCUT2D eigenvalue weighted by Gasteiger charge is -2.30. The first-order valence-corrected chi connectivity index (χ1v) is 42.1. The zero-order valence-electron chi connectivity index (χ0n) is 68.7. The maximum atomic E-state index is 2.37. The first-order valence-electron chi connectivity index (χ1n) is 42.1. The average molecular weight is 1580 g/mol. The summed E-state index contributed by atoms with van der Waals surface area (Å²) in [6.07, 6.45) is 0.764. The molecular formula is C117H90N6. The summed E-state index contributed by atoms with van der Waals surface area (Å²) in [7, 11) is 0. The SMILES string of the molecule is Cc1cccc(N(c2ccccc2)c2ccc(N(c3ccc(N(c4ccccc4)c4cccc(C)c4)cc3)c3ccc(N(c4ccccc4)c4cccc(Cc5ccc(-c6ccc(N(c7ccc(-c8ccccc8)cc7)c7ccc(-c8ccc(N(c9ccc(-c%10ccccc%10)cc9)c9ccc(-c%10ccccc%10)cc9)cc8)cc7)cc6)cc5)c4)cc3)cc2)c1. The van der Waals surface area contributed by atoms with Crippen LogP contribution in [0.4, 0.5) is 102 Å². The summed E-state index contributed by atoms with van der Waals surface area (Å²) in [6, 6.07) is 180. The van der Waals surface area contributed by atoms with Gasteiger partial charge in [0.1, 0.15) is 0 Å². The van der Waals surface area contributed by atoms with Crippen molar-refractivity contribution >= 4 is 102 Å². The van der Waals surface area contributed by atoms with Crippen molar-refractivity contribution in [1.82, 2.24) is 0 Å². The van der Waals surface area contributed by atoms with Crippen LogP contribution in [0.2, 0.25) is 0 Å². The second-order valence-electron chi connectivity index (χ2n) is 31.2. The number of hydrogen-bond acceptors (Lipinski definition) is 6. The highest BCUT2D eigenvalue weighted by atomic mass is 15.2. The minimum Gasteiger partial charge on any atom is -0.311 e. The van der Waals surface area contributed by atoms with Crippen LogP contribution in [0, 0.1) is 13.8 Å². The Morgan fingerprint density at radius 1 is 0.122 bits per heavy atom. The molecule has 588 valence electrons. The molecule has 0 aromatic heterocycles. The van der Waals surface area contributed by atoms with E-state index in [-0.39, 0.29) is 0 Å². The van der Waals surface area contributed by atoms with E-state index in [1.54, 1.807) is 0 Å². The van der Waals surface area contributed by atoms with Crippen LogP contribution in [0.3, 0.4) is 0 Å². The van der Waals surface area contributed by atoms with E-state index in [1.165, 1.54) is 55.6 Å². The Bertz CT molecular complexity index is 6470. The van der Waals surface area contributed by atoms with Gasteiger partial charge in [-0.05, 0) is 317 Å². The molecular weight excluding hydrogens is 1490 g/mol. The highest BCUT2D eigenvalue weighted by Gasteiger charge is 2.23. The van der Waals surface area contributed by atoms with Crippen molar-refractivity contribution in [3.05, 3.63) is 520 Å². The van der Waals surface area contributed by atoms with E-state index < -0.39 is 0 Å². The van der Waals surface area contributed by atoms with Gasteiger partial charge in [0.05, 0.1) is 0 Å². The Labute approximate surface area is 722 Å². The van der Waals surface area contributed by atoms with Gasteiger partial charge in [-0.1, -0.05) is 279 Å². The van der Waals surface area contributed by atoms with E-state index in [2.05, 4.69) is 541 Å². The van der Waals surface area contributed by atoms with Gasteiger partial charge in [-0.25, -0.2) is 0 Å². The van der Waals surface area contributed by atoms with Gasteiger partial charge in [-0.2, -0.15) is 0 Å². The normalized spacial score (nSPS) is 11.0. The third-order valence-corrected chi connectivity index (χ3v) is 22.9. The maximum absolute atomic E-state index is 2.37. The molecule has 0 saturated heterocycles. The van der Waals surface area contributed by atoms with Crippen LogP contribution in [-0.4, -0.2) is 0 Å². The Balaban J connectivity index is 0.584. The first kappa shape index (κ1) is 76.9. The number of rotatable bonds is 25. The molecule has 0 aliphatic carbocycles. The number of nitrogens with zero attached hydrogens (tertiary/aromatic N) is 6.